The van der Waals surface area contributed by atoms with Crippen LogP contribution in [0.2, 0.25) is 0 Å². The first-order valence-electron chi connectivity index (χ1n) is 15.0. The van der Waals surface area contributed by atoms with Crippen molar-refractivity contribution in [3.63, 3.8) is 0 Å². The van der Waals surface area contributed by atoms with Crippen molar-refractivity contribution in [2.45, 2.75) is 53.9 Å². The van der Waals surface area contributed by atoms with Gasteiger partial charge in [0.15, 0.2) is 5.58 Å². The zero-order valence-corrected chi connectivity index (χ0v) is 29.0. The van der Waals surface area contributed by atoms with Crippen LogP contribution in [0.25, 0.3) is 44.8 Å². The Labute approximate surface area is 280 Å². The molecular weight excluding hydrogens is 736 g/mol. The van der Waals surface area contributed by atoms with Crippen molar-refractivity contribution in [2.24, 2.45) is 4.99 Å². The van der Waals surface area contributed by atoms with E-state index in [1.54, 1.807) is 12.3 Å². The number of phenolic OH excluding ortho intramolecular Hbond substituents is 1. The number of hydrogen-bond acceptors (Lipinski definition) is 4. The monoisotopic (exact) mass is 772 g/mol. The van der Waals surface area contributed by atoms with Crippen LogP contribution >= 0.6 is 0 Å². The maximum Gasteiger partial charge on any atom is 0.228 e. The molecule has 1 N–H and O–H groups in total. The van der Waals surface area contributed by atoms with Gasteiger partial charge in [0.1, 0.15) is 5.75 Å². The third-order valence-corrected chi connectivity index (χ3v) is 7.89. The molecule has 5 aromatic carbocycles. The molecule has 0 aliphatic carbocycles. The van der Waals surface area contributed by atoms with Crippen molar-refractivity contribution in [3.8, 4) is 39.5 Å². The summed E-state index contributed by atoms with van der Waals surface area (Å²) in [4.78, 5) is 9.94. The molecule has 5 heteroatoms. The third-order valence-electron chi connectivity index (χ3n) is 7.89. The SMILES string of the molecule is Cc1[c-]c(-c2ccc(-c3cc(C)cc(C)c3)c3oc(-c4ccccc4N=Cc4cc(C(C)(C)C)ccc4O)nc23)cc(C)c1.[Pt]. The van der Waals surface area contributed by atoms with Crippen molar-refractivity contribution in [2.75, 3.05) is 0 Å². The summed E-state index contributed by atoms with van der Waals surface area (Å²) in [5.74, 6) is 0.677. The molecule has 45 heavy (non-hydrogen) atoms. The fourth-order valence-electron chi connectivity index (χ4n) is 5.77. The molecule has 230 valence electrons. The number of benzene rings is 5. The normalized spacial score (nSPS) is 11.7. The predicted molar refractivity (Wildman–Crippen MR) is 182 cm³/mol. The average Bonchev–Trinajstić information content (AvgIpc) is 3.40. The molecule has 0 aliphatic rings. The van der Waals surface area contributed by atoms with Crippen molar-refractivity contribution >= 4 is 23.0 Å². The first kappa shape index (κ1) is 32.1. The first-order valence-corrected chi connectivity index (χ1v) is 15.0. The van der Waals surface area contributed by atoms with Gasteiger partial charge in [-0.2, -0.15) is 0 Å². The van der Waals surface area contributed by atoms with Crippen LogP contribution in [0.15, 0.2) is 94.3 Å². The van der Waals surface area contributed by atoms with Crippen molar-refractivity contribution < 1.29 is 30.6 Å². The molecule has 0 unspecified atom stereocenters. The Balaban J connectivity index is 0.00000400. The van der Waals surface area contributed by atoms with Gasteiger partial charge in [-0.1, -0.05) is 99.8 Å². The van der Waals surface area contributed by atoms with Crippen LogP contribution in [0.3, 0.4) is 0 Å². The Kier molecular flexibility index (Phi) is 9.01. The van der Waals surface area contributed by atoms with Gasteiger partial charge < -0.3 is 9.52 Å². The van der Waals surface area contributed by atoms with Crippen LogP contribution in [-0.2, 0) is 26.5 Å². The Morgan fingerprint density at radius 3 is 2.18 bits per heavy atom. The maximum atomic E-state index is 10.6. The fraction of sp³-hybridized carbons (Fsp3) is 0.200. The number of oxazole rings is 1. The molecule has 0 radical (unpaired) electrons. The summed E-state index contributed by atoms with van der Waals surface area (Å²) >= 11 is 0. The zero-order chi connectivity index (χ0) is 31.2. The van der Waals surface area contributed by atoms with Crippen LogP contribution in [0.5, 0.6) is 5.75 Å². The van der Waals surface area contributed by atoms with E-state index in [1.165, 1.54) is 16.7 Å². The van der Waals surface area contributed by atoms with Gasteiger partial charge in [0.2, 0.25) is 5.89 Å². The molecule has 0 saturated carbocycles. The van der Waals surface area contributed by atoms with E-state index in [4.69, 9.17) is 14.4 Å². The zero-order valence-electron chi connectivity index (χ0n) is 26.7. The number of nitrogens with zero attached hydrogens (tertiary/aromatic N) is 2. The molecule has 0 aliphatic heterocycles. The van der Waals surface area contributed by atoms with Crippen LogP contribution in [-0.4, -0.2) is 16.3 Å². The van der Waals surface area contributed by atoms with Crippen LogP contribution in [0, 0.1) is 33.8 Å². The maximum absolute atomic E-state index is 10.6. The number of hydrogen-bond donors (Lipinski definition) is 1. The molecule has 0 bridgehead atoms. The van der Waals surface area contributed by atoms with Gasteiger partial charge in [-0.3, -0.25) is 4.99 Å². The summed E-state index contributed by atoms with van der Waals surface area (Å²) in [5, 5.41) is 10.6. The topological polar surface area (TPSA) is 58.6 Å². The Morgan fingerprint density at radius 2 is 1.47 bits per heavy atom. The van der Waals surface area contributed by atoms with Gasteiger partial charge in [-0.25, -0.2) is 4.98 Å². The second kappa shape index (κ2) is 12.6. The first-order chi connectivity index (χ1) is 21.0. The fourth-order valence-corrected chi connectivity index (χ4v) is 5.77. The number of para-hydroxylation sites is 1. The number of aryl methyl sites for hydroxylation is 4. The van der Waals surface area contributed by atoms with Crippen LogP contribution < -0.4 is 0 Å². The van der Waals surface area contributed by atoms with Gasteiger partial charge in [-0.05, 0) is 54.7 Å². The van der Waals surface area contributed by atoms with Gasteiger partial charge >= 0.3 is 0 Å². The summed E-state index contributed by atoms with van der Waals surface area (Å²) in [7, 11) is 0. The smallest absolute Gasteiger partial charge is 0.228 e. The summed E-state index contributed by atoms with van der Waals surface area (Å²) in [6, 6.07) is 32.1. The molecule has 1 heterocycles. The molecular formula is C40H37N2O2Pt-. The minimum Gasteiger partial charge on any atom is -0.507 e. The van der Waals surface area contributed by atoms with Gasteiger partial charge in [-0.15, -0.1) is 34.9 Å². The van der Waals surface area contributed by atoms with E-state index in [0.29, 0.717) is 17.1 Å². The third kappa shape index (κ3) is 6.72. The Bertz CT molecular complexity index is 1940. The van der Waals surface area contributed by atoms with Gasteiger partial charge in [0.05, 0.1) is 16.8 Å². The minimum absolute atomic E-state index is 0. The van der Waals surface area contributed by atoms with E-state index in [9.17, 15) is 5.11 Å². The summed E-state index contributed by atoms with van der Waals surface area (Å²) in [5.41, 5.74) is 13.4. The molecule has 1 aromatic heterocycles. The average molecular weight is 773 g/mol. The number of phenols is 1. The molecule has 0 saturated heterocycles. The quantitative estimate of drug-likeness (QED) is 0.140. The minimum atomic E-state index is -0.0507. The van der Waals surface area contributed by atoms with Gasteiger partial charge in [0.25, 0.3) is 0 Å². The van der Waals surface area contributed by atoms with E-state index in [1.807, 2.05) is 36.4 Å². The van der Waals surface area contributed by atoms with Gasteiger partial charge in [0, 0.05) is 38.4 Å². The second-order valence-electron chi connectivity index (χ2n) is 12.8. The number of fused-ring (bicyclic) bond motifs is 1. The largest absolute Gasteiger partial charge is 0.507 e. The second-order valence-corrected chi connectivity index (χ2v) is 12.8. The van der Waals surface area contributed by atoms with E-state index in [-0.39, 0.29) is 32.2 Å². The molecule has 0 atom stereocenters. The Morgan fingerprint density at radius 1 is 0.778 bits per heavy atom. The molecule has 0 amide bonds. The number of aliphatic imine (C=N–C) groups is 1. The molecule has 6 rings (SSSR count). The number of rotatable bonds is 5. The summed E-state index contributed by atoms with van der Waals surface area (Å²) < 4.78 is 6.67. The Hall–Kier alpha value is -4.27. The predicted octanol–water partition coefficient (Wildman–Crippen LogP) is 10.6. The number of aromatic hydroxyl groups is 1. The van der Waals surface area contributed by atoms with E-state index >= 15 is 0 Å². The number of aromatic nitrogens is 1. The molecule has 4 nitrogen and oxygen atoms in total. The van der Waals surface area contributed by atoms with E-state index in [0.717, 1.165) is 50.0 Å². The van der Waals surface area contributed by atoms with E-state index in [2.05, 4.69) is 97.0 Å². The van der Waals surface area contributed by atoms with Crippen molar-refractivity contribution in [1.29, 1.82) is 0 Å². The van der Waals surface area contributed by atoms with Crippen molar-refractivity contribution in [1.82, 2.24) is 4.98 Å². The molecule has 6 aromatic rings. The van der Waals surface area contributed by atoms with Crippen molar-refractivity contribution in [3.05, 3.63) is 124 Å². The van der Waals surface area contributed by atoms with Crippen LogP contribution in [0.1, 0.15) is 54.2 Å². The van der Waals surface area contributed by atoms with Crippen LogP contribution in [0.4, 0.5) is 5.69 Å². The van der Waals surface area contributed by atoms with E-state index < -0.39 is 0 Å². The molecule has 0 fully saturated rings. The standard InChI is InChI=1S/C40H37N2O2.Pt/c1-24-16-25(2)19-28(18-24)32-13-14-33(29-20-26(3)17-27(4)21-29)38-37(32)42-39(44-38)34-10-8-9-11-35(34)41-23-30-22-31(40(5,6)7)12-15-36(30)43;/h8-18,20-23,43H,1-7H3;/q-1;. The molecule has 0 spiro atoms. The summed E-state index contributed by atoms with van der Waals surface area (Å²) in [6.45, 7) is 14.8. The summed E-state index contributed by atoms with van der Waals surface area (Å²) in [6.07, 6.45) is 1.71.